The van der Waals surface area contributed by atoms with Crippen molar-refractivity contribution in [1.29, 1.82) is 0 Å². The molecule has 20 heavy (non-hydrogen) atoms. The molecule has 1 unspecified atom stereocenters. The molecule has 0 aliphatic carbocycles. The van der Waals surface area contributed by atoms with Gasteiger partial charge < -0.3 is 10.6 Å². The molecule has 0 radical (unpaired) electrons. The normalized spacial score (nSPS) is 18.6. The number of nitrogens with zero attached hydrogens (tertiary/aromatic N) is 1. The zero-order valence-electron chi connectivity index (χ0n) is 12.4. The van der Waals surface area contributed by atoms with Gasteiger partial charge in [0.1, 0.15) is 0 Å². The lowest BCUT2D eigenvalue weighted by molar-refractivity contribution is -0.117. The van der Waals surface area contributed by atoms with Gasteiger partial charge in [-0.3, -0.25) is 9.69 Å². The number of likely N-dealkylation sites (tertiary alicyclic amines) is 1. The van der Waals surface area contributed by atoms with E-state index >= 15 is 0 Å². The van der Waals surface area contributed by atoms with E-state index in [1.807, 2.05) is 25.2 Å². The molecule has 1 aromatic rings. The Labute approximate surface area is 127 Å². The molecule has 0 aromatic heterocycles. The van der Waals surface area contributed by atoms with Crippen LogP contribution in [0.3, 0.4) is 0 Å². The van der Waals surface area contributed by atoms with Crippen LogP contribution < -0.4 is 10.6 Å². The highest BCUT2D eigenvalue weighted by atomic mass is 35.5. The molecule has 112 valence electrons. The van der Waals surface area contributed by atoms with E-state index in [1.165, 1.54) is 11.1 Å². The lowest BCUT2D eigenvalue weighted by atomic mass is 10.1. The van der Waals surface area contributed by atoms with Crippen LogP contribution in [-0.4, -0.2) is 43.5 Å². The summed E-state index contributed by atoms with van der Waals surface area (Å²) in [6, 6.07) is 6.54. The van der Waals surface area contributed by atoms with E-state index in [1.54, 1.807) is 0 Å². The van der Waals surface area contributed by atoms with Crippen molar-refractivity contribution in [2.45, 2.75) is 26.3 Å². The lowest BCUT2D eigenvalue weighted by Gasteiger charge is -2.15. The zero-order valence-corrected chi connectivity index (χ0v) is 13.2. The van der Waals surface area contributed by atoms with Crippen LogP contribution in [0, 0.1) is 13.8 Å². The first-order valence-corrected chi connectivity index (χ1v) is 6.85. The van der Waals surface area contributed by atoms with Gasteiger partial charge in [0.05, 0.1) is 6.54 Å². The fourth-order valence-electron chi connectivity index (χ4n) is 2.43. The summed E-state index contributed by atoms with van der Waals surface area (Å²) in [7, 11) is 1.98. The Morgan fingerprint density at radius 3 is 2.70 bits per heavy atom. The number of aryl methyl sites for hydroxylation is 2. The van der Waals surface area contributed by atoms with Crippen molar-refractivity contribution in [3.63, 3.8) is 0 Å². The van der Waals surface area contributed by atoms with Gasteiger partial charge in [-0.2, -0.15) is 0 Å². The second-order valence-electron chi connectivity index (χ2n) is 5.36. The van der Waals surface area contributed by atoms with Gasteiger partial charge in [-0.15, -0.1) is 12.4 Å². The van der Waals surface area contributed by atoms with Gasteiger partial charge in [-0.25, -0.2) is 0 Å². The van der Waals surface area contributed by atoms with Crippen LogP contribution in [-0.2, 0) is 4.79 Å². The fraction of sp³-hybridized carbons (Fsp3) is 0.533. The number of hydrogen-bond acceptors (Lipinski definition) is 3. The van der Waals surface area contributed by atoms with Crippen molar-refractivity contribution in [1.82, 2.24) is 10.2 Å². The highest BCUT2D eigenvalue weighted by Crippen LogP contribution is 2.14. The average molecular weight is 298 g/mol. The quantitative estimate of drug-likeness (QED) is 0.893. The number of amides is 1. The number of halogens is 1. The van der Waals surface area contributed by atoms with Crippen LogP contribution >= 0.6 is 12.4 Å². The Morgan fingerprint density at radius 2 is 2.10 bits per heavy atom. The van der Waals surface area contributed by atoms with Gasteiger partial charge in [0.25, 0.3) is 0 Å². The van der Waals surface area contributed by atoms with Gasteiger partial charge in [-0.1, -0.05) is 6.07 Å². The van der Waals surface area contributed by atoms with E-state index in [0.29, 0.717) is 12.6 Å². The smallest absolute Gasteiger partial charge is 0.238 e. The second-order valence-corrected chi connectivity index (χ2v) is 5.36. The minimum absolute atomic E-state index is 0. The molecule has 0 bridgehead atoms. The van der Waals surface area contributed by atoms with E-state index < -0.39 is 0 Å². The minimum atomic E-state index is 0. The largest absolute Gasteiger partial charge is 0.325 e. The molecule has 5 heteroatoms. The van der Waals surface area contributed by atoms with Crippen molar-refractivity contribution in [3.8, 4) is 0 Å². The van der Waals surface area contributed by atoms with Crippen molar-refractivity contribution in [3.05, 3.63) is 29.3 Å². The highest BCUT2D eigenvalue weighted by Gasteiger charge is 2.22. The number of benzene rings is 1. The predicted molar refractivity (Wildman–Crippen MR) is 85.7 cm³/mol. The monoisotopic (exact) mass is 297 g/mol. The molecule has 1 atom stereocenters. The summed E-state index contributed by atoms with van der Waals surface area (Å²) >= 11 is 0. The molecule has 1 amide bonds. The number of carbonyl (C=O) groups is 1. The third-order valence-corrected chi connectivity index (χ3v) is 3.84. The minimum Gasteiger partial charge on any atom is -0.325 e. The summed E-state index contributed by atoms with van der Waals surface area (Å²) in [6.45, 7) is 6.56. The molecule has 1 saturated heterocycles. The average Bonchev–Trinajstić information content (AvgIpc) is 2.81. The zero-order chi connectivity index (χ0) is 13.8. The predicted octanol–water partition coefficient (Wildman–Crippen LogP) is 1.96. The standard InChI is InChI=1S/C15H23N3O.ClH/c1-11-4-5-13(8-12(11)2)17-15(19)10-18-7-6-14(9-18)16-3;/h4-5,8,14,16H,6-7,9-10H2,1-3H3,(H,17,19);1H. The summed E-state index contributed by atoms with van der Waals surface area (Å²) in [5, 5.41) is 6.23. The molecule has 1 fully saturated rings. The van der Waals surface area contributed by atoms with E-state index in [4.69, 9.17) is 0 Å². The maximum absolute atomic E-state index is 12.0. The molecule has 1 aliphatic rings. The summed E-state index contributed by atoms with van der Waals surface area (Å²) < 4.78 is 0. The van der Waals surface area contributed by atoms with Gasteiger partial charge in [0.2, 0.25) is 5.91 Å². The number of nitrogens with one attached hydrogen (secondary N) is 2. The van der Waals surface area contributed by atoms with Crippen LogP contribution in [0.5, 0.6) is 0 Å². The molecule has 1 aromatic carbocycles. The first kappa shape index (κ1) is 17.0. The Morgan fingerprint density at radius 1 is 1.35 bits per heavy atom. The van der Waals surface area contributed by atoms with Gasteiger partial charge in [-0.05, 0) is 50.6 Å². The van der Waals surface area contributed by atoms with Gasteiger partial charge in [0, 0.05) is 24.8 Å². The number of rotatable bonds is 4. The van der Waals surface area contributed by atoms with E-state index in [-0.39, 0.29) is 18.3 Å². The maximum atomic E-state index is 12.0. The molecule has 1 heterocycles. The van der Waals surface area contributed by atoms with Crippen molar-refractivity contribution in [2.24, 2.45) is 0 Å². The maximum Gasteiger partial charge on any atom is 0.238 e. The second kappa shape index (κ2) is 7.62. The van der Waals surface area contributed by atoms with Gasteiger partial charge in [0.15, 0.2) is 0 Å². The first-order chi connectivity index (χ1) is 9.08. The molecule has 0 saturated carbocycles. The Hall–Kier alpha value is -1.10. The fourth-order valence-corrected chi connectivity index (χ4v) is 2.43. The molecular weight excluding hydrogens is 274 g/mol. The summed E-state index contributed by atoms with van der Waals surface area (Å²) in [5.41, 5.74) is 3.33. The molecule has 0 spiro atoms. The summed E-state index contributed by atoms with van der Waals surface area (Å²) in [5.74, 6) is 0.0695. The van der Waals surface area contributed by atoms with Crippen molar-refractivity contribution < 1.29 is 4.79 Å². The molecule has 4 nitrogen and oxygen atoms in total. The number of anilines is 1. The Kier molecular flexibility index (Phi) is 6.46. The van der Waals surface area contributed by atoms with Crippen molar-refractivity contribution >= 4 is 24.0 Å². The SMILES string of the molecule is CNC1CCN(CC(=O)Nc2ccc(C)c(C)c2)C1.Cl. The topological polar surface area (TPSA) is 44.4 Å². The van der Waals surface area contributed by atoms with Crippen LogP contribution in [0.15, 0.2) is 18.2 Å². The molecule has 2 N–H and O–H groups in total. The molecular formula is C15H24ClN3O. The van der Waals surface area contributed by atoms with E-state index in [2.05, 4.69) is 29.4 Å². The number of carbonyl (C=O) groups excluding carboxylic acids is 1. The van der Waals surface area contributed by atoms with Crippen LogP contribution in [0.25, 0.3) is 0 Å². The molecule has 1 aliphatic heterocycles. The number of likely N-dealkylation sites (N-methyl/N-ethyl adjacent to an activating group) is 1. The van der Waals surface area contributed by atoms with E-state index in [9.17, 15) is 4.79 Å². The van der Waals surface area contributed by atoms with Crippen LogP contribution in [0.2, 0.25) is 0 Å². The summed E-state index contributed by atoms with van der Waals surface area (Å²) in [4.78, 5) is 14.2. The van der Waals surface area contributed by atoms with E-state index in [0.717, 1.165) is 25.2 Å². The summed E-state index contributed by atoms with van der Waals surface area (Å²) in [6.07, 6.45) is 1.12. The van der Waals surface area contributed by atoms with Gasteiger partial charge >= 0.3 is 0 Å². The Bertz CT molecular complexity index is 464. The van der Waals surface area contributed by atoms with Crippen LogP contribution in [0.4, 0.5) is 5.69 Å². The highest BCUT2D eigenvalue weighted by molar-refractivity contribution is 5.92. The van der Waals surface area contributed by atoms with Crippen molar-refractivity contribution in [2.75, 3.05) is 32.0 Å². The third kappa shape index (κ3) is 4.47. The van der Waals surface area contributed by atoms with Crippen LogP contribution in [0.1, 0.15) is 17.5 Å². The molecule has 2 rings (SSSR count). The lowest BCUT2D eigenvalue weighted by Crippen LogP contribution is -2.34. The first-order valence-electron chi connectivity index (χ1n) is 6.85. The third-order valence-electron chi connectivity index (χ3n) is 3.84. The number of hydrogen-bond donors (Lipinski definition) is 2. The Balaban J connectivity index is 0.00000200.